The molecule has 0 unspecified atom stereocenters. The second-order valence-electron chi connectivity index (χ2n) is 5.40. The number of hydrogen-bond donors (Lipinski definition) is 0. The van der Waals surface area contributed by atoms with Crippen molar-refractivity contribution in [2.75, 3.05) is 13.6 Å². The zero-order valence-corrected chi connectivity index (χ0v) is 14.6. The van der Waals surface area contributed by atoms with Crippen LogP contribution in [0.2, 0.25) is 0 Å². The highest BCUT2D eigenvalue weighted by Crippen LogP contribution is 2.22. The minimum atomic E-state index is -3.42. The average Bonchev–Trinajstić information content (AvgIpc) is 2.55. The zero-order valence-electron chi connectivity index (χ0n) is 11.6. The van der Waals surface area contributed by atoms with Crippen molar-refractivity contribution in [3.8, 4) is 0 Å². The number of nitrogens with zero attached hydrogens (tertiary/aromatic N) is 2. The molecule has 0 amide bonds. The minimum Gasteiger partial charge on any atom is -1.00 e. The van der Waals surface area contributed by atoms with E-state index in [0.29, 0.717) is 11.4 Å². The normalized spacial score (nSPS) is 17.9. The molecule has 1 aliphatic heterocycles. The van der Waals surface area contributed by atoms with Crippen LogP contribution >= 0.6 is 0 Å². The molecule has 1 aromatic rings. The maximum absolute atomic E-state index is 12.4. The highest BCUT2D eigenvalue weighted by molar-refractivity contribution is 7.89. The molecule has 106 valence electrons. The third-order valence-corrected chi connectivity index (χ3v) is 5.14. The maximum Gasteiger partial charge on any atom is 0.330 e. The predicted octanol–water partition coefficient (Wildman–Crippen LogP) is -1.55. The number of rotatable bonds is 2. The Morgan fingerprint density at radius 3 is 2.16 bits per heavy atom. The second kappa shape index (κ2) is 5.40. The summed E-state index contributed by atoms with van der Waals surface area (Å²) in [6.07, 6.45) is 1.66. The summed E-state index contributed by atoms with van der Waals surface area (Å²) in [5.41, 5.74) is 0.884. The molecule has 6 heteroatoms. The summed E-state index contributed by atoms with van der Waals surface area (Å²) in [7, 11) is -1.53. The van der Waals surface area contributed by atoms with Gasteiger partial charge in [-0.2, -0.15) is 12.7 Å². The number of hydrogen-bond acceptors (Lipinski definition) is 2. The molecule has 0 fully saturated rings. The molecule has 1 aliphatic rings. The van der Waals surface area contributed by atoms with Gasteiger partial charge in [-0.15, -0.1) is 0 Å². The largest absolute Gasteiger partial charge is 1.00 e. The summed E-state index contributed by atoms with van der Waals surface area (Å²) in [4.78, 5) is 0.343. The number of likely N-dealkylation sites (N-methyl/N-ethyl adjacent to an activating group) is 1. The van der Waals surface area contributed by atoms with E-state index < -0.39 is 10.0 Å². The van der Waals surface area contributed by atoms with Gasteiger partial charge in [0.15, 0.2) is 0 Å². The molecule has 0 N–H and O–H groups in total. The van der Waals surface area contributed by atoms with Crippen LogP contribution in [0.15, 0.2) is 29.2 Å². The summed E-state index contributed by atoms with van der Waals surface area (Å²) >= 11 is 0. The molecule has 2 rings (SSSR count). The highest BCUT2D eigenvalue weighted by atomic mass is 127. The lowest BCUT2D eigenvalue weighted by molar-refractivity contribution is -0.559. The zero-order chi connectivity index (χ0) is 13.6. The van der Waals surface area contributed by atoms with Crippen molar-refractivity contribution in [2.45, 2.75) is 31.2 Å². The van der Waals surface area contributed by atoms with Crippen LogP contribution in [-0.4, -0.2) is 42.8 Å². The fourth-order valence-electron chi connectivity index (χ4n) is 1.88. The molecular weight excluding hydrogens is 375 g/mol. The Bertz CT molecular complexity index is 592. The molecule has 4 nitrogen and oxygen atoms in total. The summed E-state index contributed by atoms with van der Waals surface area (Å²) in [6, 6.07) is 6.95. The fourth-order valence-corrected chi connectivity index (χ4v) is 3.38. The number of benzene rings is 1. The van der Waals surface area contributed by atoms with Crippen LogP contribution < -0.4 is 24.0 Å². The first-order valence-electron chi connectivity index (χ1n) is 5.90. The Hall–Kier alpha value is -0.630. The van der Waals surface area contributed by atoms with Crippen molar-refractivity contribution in [3.63, 3.8) is 0 Å². The third-order valence-electron chi connectivity index (χ3n) is 3.43. The van der Waals surface area contributed by atoms with Gasteiger partial charge in [0.25, 0.3) is 0 Å². The molecule has 0 atom stereocenters. The molecule has 0 spiro atoms. The van der Waals surface area contributed by atoms with Gasteiger partial charge in [0.1, 0.15) is 17.0 Å². The number of sulfonamides is 1. The van der Waals surface area contributed by atoms with E-state index in [2.05, 4.69) is 0 Å². The summed E-state index contributed by atoms with van der Waals surface area (Å²) < 4.78 is 28.2. The molecule has 19 heavy (non-hydrogen) atoms. The monoisotopic (exact) mass is 394 g/mol. The first kappa shape index (κ1) is 16.4. The van der Waals surface area contributed by atoms with Gasteiger partial charge in [-0.3, -0.25) is 4.58 Å². The molecule has 0 bridgehead atoms. The van der Waals surface area contributed by atoms with Gasteiger partial charge in [0.05, 0.1) is 7.05 Å². The van der Waals surface area contributed by atoms with Gasteiger partial charge in [0, 0.05) is 0 Å². The topological polar surface area (TPSA) is 40.4 Å². The van der Waals surface area contributed by atoms with Crippen LogP contribution in [-0.2, 0) is 10.0 Å². The quantitative estimate of drug-likeness (QED) is 0.451. The van der Waals surface area contributed by atoms with Crippen molar-refractivity contribution in [3.05, 3.63) is 29.8 Å². The van der Waals surface area contributed by atoms with E-state index in [0.717, 1.165) is 5.56 Å². The predicted molar refractivity (Wildman–Crippen MR) is 71.4 cm³/mol. The van der Waals surface area contributed by atoms with Crippen LogP contribution in [0.4, 0.5) is 0 Å². The lowest BCUT2D eigenvalue weighted by atomic mass is 10.1. The third kappa shape index (κ3) is 3.10. The van der Waals surface area contributed by atoms with Crippen LogP contribution in [0.3, 0.4) is 0 Å². The Kier molecular flexibility index (Phi) is 4.66. The molecule has 0 saturated carbocycles. The van der Waals surface area contributed by atoms with Crippen LogP contribution in [0.5, 0.6) is 0 Å². The molecule has 0 aliphatic carbocycles. The molecular formula is C13H19IN2O2S. The smallest absolute Gasteiger partial charge is 0.330 e. The van der Waals surface area contributed by atoms with Crippen molar-refractivity contribution in [1.29, 1.82) is 0 Å². The second-order valence-corrected chi connectivity index (χ2v) is 7.29. The lowest BCUT2D eigenvalue weighted by Gasteiger charge is -2.16. The van der Waals surface area contributed by atoms with E-state index in [1.165, 1.54) is 4.31 Å². The van der Waals surface area contributed by atoms with Crippen LogP contribution in [0.25, 0.3) is 0 Å². The molecule has 0 saturated heterocycles. The lowest BCUT2D eigenvalue weighted by Crippen LogP contribution is -3.00. The van der Waals surface area contributed by atoms with E-state index in [9.17, 15) is 8.42 Å². The Labute approximate surface area is 132 Å². The highest BCUT2D eigenvalue weighted by Gasteiger charge is 2.42. The number of aryl methyl sites for hydroxylation is 1. The van der Waals surface area contributed by atoms with Crippen molar-refractivity contribution >= 4 is 16.4 Å². The molecule has 0 aromatic heterocycles. The van der Waals surface area contributed by atoms with Crippen molar-refractivity contribution < 1.29 is 37.0 Å². The first-order chi connectivity index (χ1) is 8.23. The molecule has 0 radical (unpaired) electrons. The Morgan fingerprint density at radius 1 is 1.21 bits per heavy atom. The average molecular weight is 394 g/mol. The molecule has 1 heterocycles. The van der Waals surface area contributed by atoms with E-state index in [4.69, 9.17) is 0 Å². The van der Waals surface area contributed by atoms with Gasteiger partial charge in [0.2, 0.25) is 6.34 Å². The van der Waals surface area contributed by atoms with Gasteiger partial charge >= 0.3 is 10.0 Å². The molecule has 1 aromatic carbocycles. The summed E-state index contributed by atoms with van der Waals surface area (Å²) in [5.74, 6) is 0. The maximum atomic E-state index is 12.4. The Morgan fingerprint density at radius 2 is 1.74 bits per heavy atom. The standard InChI is InChI=1S/C13H19N2O2S.HI/c1-11-5-7-12(8-6-11)18(16,17)15-9-13(2,3)14(4)10-15;/h5-8,10H,9H2,1-4H3;1H/q+1;/p-1. The van der Waals surface area contributed by atoms with E-state index >= 15 is 0 Å². The van der Waals surface area contributed by atoms with E-state index in [1.54, 1.807) is 18.5 Å². The summed E-state index contributed by atoms with van der Waals surface area (Å²) in [6.45, 7) is 6.46. The van der Waals surface area contributed by atoms with Crippen molar-refractivity contribution in [2.24, 2.45) is 0 Å². The van der Waals surface area contributed by atoms with Crippen LogP contribution in [0.1, 0.15) is 19.4 Å². The fraction of sp³-hybridized carbons (Fsp3) is 0.462. The Balaban J connectivity index is 0.00000180. The van der Waals surface area contributed by atoms with Gasteiger partial charge in [-0.25, -0.2) is 0 Å². The SMILES string of the molecule is Cc1ccc(S(=O)(=O)N2C=[N+](C)C(C)(C)C2)cc1.[I-]. The van der Waals surface area contributed by atoms with E-state index in [-0.39, 0.29) is 29.5 Å². The summed E-state index contributed by atoms with van der Waals surface area (Å²) in [5, 5.41) is 0. The minimum absolute atomic E-state index is 0. The van der Waals surface area contributed by atoms with Gasteiger partial charge in [-0.1, -0.05) is 17.7 Å². The van der Waals surface area contributed by atoms with E-state index in [1.807, 2.05) is 44.5 Å². The van der Waals surface area contributed by atoms with Crippen molar-refractivity contribution in [1.82, 2.24) is 4.31 Å². The number of halogens is 1. The van der Waals surface area contributed by atoms with Crippen LogP contribution in [0, 0.1) is 6.92 Å². The van der Waals surface area contributed by atoms with Gasteiger partial charge in [-0.05, 0) is 32.9 Å². The first-order valence-corrected chi connectivity index (χ1v) is 7.34. The van der Waals surface area contributed by atoms with Gasteiger partial charge < -0.3 is 24.0 Å².